The fourth-order valence-electron chi connectivity index (χ4n) is 1.69. The monoisotopic (exact) mass is 229 g/mol. The van der Waals surface area contributed by atoms with E-state index in [2.05, 4.69) is 0 Å². The maximum absolute atomic E-state index is 11.9. The van der Waals surface area contributed by atoms with Gasteiger partial charge in [-0.1, -0.05) is 18.2 Å². The lowest BCUT2D eigenvalue weighted by atomic mass is 10.1. The van der Waals surface area contributed by atoms with Crippen LogP contribution in [-0.2, 0) is 4.79 Å². The van der Waals surface area contributed by atoms with Crippen LogP contribution in [0.5, 0.6) is 0 Å². The Morgan fingerprint density at radius 2 is 1.71 bits per heavy atom. The molecule has 0 saturated carbocycles. The van der Waals surface area contributed by atoms with Crippen LogP contribution in [0, 0.1) is 0 Å². The predicted molar refractivity (Wildman–Crippen MR) is 61.6 cm³/mol. The van der Waals surface area contributed by atoms with Crippen molar-refractivity contribution in [2.24, 2.45) is 0 Å². The summed E-state index contributed by atoms with van der Waals surface area (Å²) in [5.74, 6) is -0.610. The fourth-order valence-corrected chi connectivity index (χ4v) is 1.69. The van der Waals surface area contributed by atoms with Gasteiger partial charge in [0.15, 0.2) is 0 Å². The van der Waals surface area contributed by atoms with Crippen molar-refractivity contribution in [2.45, 2.75) is 6.92 Å². The number of amides is 2. The first kappa shape index (κ1) is 11.3. The van der Waals surface area contributed by atoms with E-state index in [1.807, 2.05) is 0 Å². The summed E-state index contributed by atoms with van der Waals surface area (Å²) in [5.41, 5.74) is 1.35. The molecule has 0 spiro atoms. The summed E-state index contributed by atoms with van der Waals surface area (Å²) >= 11 is 0. The number of rotatable bonds is 3. The van der Waals surface area contributed by atoms with E-state index in [0.717, 1.165) is 4.90 Å². The number of hydrogen-bond acceptors (Lipinski definition) is 3. The van der Waals surface area contributed by atoms with Crippen molar-refractivity contribution < 1.29 is 14.4 Å². The Hall–Kier alpha value is -2.23. The van der Waals surface area contributed by atoms with Crippen molar-refractivity contribution in [3.05, 3.63) is 47.0 Å². The van der Waals surface area contributed by atoms with Crippen LogP contribution in [0.4, 0.5) is 0 Å². The molecule has 86 valence electrons. The largest absolute Gasteiger partial charge is 0.298 e. The van der Waals surface area contributed by atoms with Crippen LogP contribution >= 0.6 is 0 Å². The van der Waals surface area contributed by atoms with E-state index in [-0.39, 0.29) is 18.4 Å². The highest BCUT2D eigenvalue weighted by Crippen LogP contribution is 2.22. The minimum atomic E-state index is -0.305. The van der Waals surface area contributed by atoms with Gasteiger partial charge in [-0.15, -0.1) is 0 Å². The van der Waals surface area contributed by atoms with Gasteiger partial charge in [-0.25, -0.2) is 0 Å². The Kier molecular flexibility index (Phi) is 2.87. The van der Waals surface area contributed by atoms with Gasteiger partial charge in [0.2, 0.25) is 0 Å². The van der Waals surface area contributed by atoms with Gasteiger partial charge < -0.3 is 0 Å². The Labute approximate surface area is 98.5 Å². The average molecular weight is 229 g/mol. The lowest BCUT2D eigenvalue weighted by Crippen LogP contribution is -2.29. The Morgan fingerprint density at radius 1 is 1.18 bits per heavy atom. The molecule has 1 aliphatic rings. The lowest BCUT2D eigenvalue weighted by molar-refractivity contribution is -0.104. The second kappa shape index (κ2) is 4.33. The number of nitrogens with zero attached hydrogens (tertiary/aromatic N) is 1. The third-order valence-corrected chi connectivity index (χ3v) is 2.66. The molecule has 0 radical (unpaired) electrons. The molecule has 0 N–H and O–H groups in total. The van der Waals surface area contributed by atoms with E-state index in [9.17, 15) is 14.4 Å². The summed E-state index contributed by atoms with van der Waals surface area (Å²) in [5, 5.41) is 0. The van der Waals surface area contributed by atoms with Crippen molar-refractivity contribution in [2.75, 3.05) is 6.54 Å². The van der Waals surface area contributed by atoms with Crippen molar-refractivity contribution in [1.82, 2.24) is 4.90 Å². The SMILES string of the molecule is C/C(C=O)=C\CN1C(=O)c2ccccc2C1=O. The first-order valence-corrected chi connectivity index (χ1v) is 5.22. The Bertz CT molecular complexity index is 496. The van der Waals surface area contributed by atoms with Crippen LogP contribution < -0.4 is 0 Å². The molecule has 0 unspecified atom stereocenters. The molecule has 0 fully saturated rings. The average Bonchev–Trinajstić information content (AvgIpc) is 2.60. The van der Waals surface area contributed by atoms with Crippen LogP contribution in [-0.4, -0.2) is 29.5 Å². The van der Waals surface area contributed by atoms with Crippen molar-refractivity contribution >= 4 is 18.1 Å². The fraction of sp³-hybridized carbons (Fsp3) is 0.154. The highest BCUT2D eigenvalue weighted by Gasteiger charge is 2.34. The van der Waals surface area contributed by atoms with Gasteiger partial charge in [-0.3, -0.25) is 19.3 Å². The summed E-state index contributed by atoms with van der Waals surface area (Å²) in [6, 6.07) is 6.71. The number of carbonyl (C=O) groups excluding carboxylic acids is 3. The van der Waals surface area contributed by atoms with Gasteiger partial charge in [-0.2, -0.15) is 0 Å². The van der Waals surface area contributed by atoms with Gasteiger partial charge >= 0.3 is 0 Å². The molecule has 0 aromatic heterocycles. The molecule has 0 bridgehead atoms. The van der Waals surface area contributed by atoms with Crippen LogP contribution in [0.15, 0.2) is 35.9 Å². The van der Waals surface area contributed by atoms with E-state index >= 15 is 0 Å². The molecule has 2 rings (SSSR count). The number of aldehydes is 1. The van der Waals surface area contributed by atoms with Gasteiger partial charge in [0, 0.05) is 6.54 Å². The first-order valence-electron chi connectivity index (χ1n) is 5.22. The molecule has 1 aromatic rings. The standard InChI is InChI=1S/C13H11NO3/c1-9(8-15)6-7-14-12(16)10-4-2-3-5-11(10)13(14)17/h2-6,8H,7H2,1H3/b9-6+. The van der Waals surface area contributed by atoms with Crippen LogP contribution in [0.1, 0.15) is 27.6 Å². The second-order valence-corrected chi connectivity index (χ2v) is 3.83. The molecule has 0 atom stereocenters. The van der Waals surface area contributed by atoms with Gasteiger partial charge in [0.25, 0.3) is 11.8 Å². The minimum absolute atomic E-state index is 0.136. The minimum Gasteiger partial charge on any atom is -0.298 e. The highest BCUT2D eigenvalue weighted by molar-refractivity contribution is 6.21. The molecular weight excluding hydrogens is 218 g/mol. The smallest absolute Gasteiger partial charge is 0.261 e. The summed E-state index contributed by atoms with van der Waals surface area (Å²) in [4.78, 5) is 35.4. The molecule has 1 aromatic carbocycles. The molecule has 0 saturated heterocycles. The third-order valence-electron chi connectivity index (χ3n) is 2.66. The van der Waals surface area contributed by atoms with E-state index in [0.29, 0.717) is 23.0 Å². The Balaban J connectivity index is 2.28. The predicted octanol–water partition coefficient (Wildman–Crippen LogP) is 1.43. The van der Waals surface area contributed by atoms with Crippen LogP contribution in [0.2, 0.25) is 0 Å². The van der Waals surface area contributed by atoms with E-state index in [1.54, 1.807) is 37.3 Å². The zero-order valence-electron chi connectivity index (χ0n) is 9.34. The zero-order valence-corrected chi connectivity index (χ0v) is 9.34. The van der Waals surface area contributed by atoms with Crippen molar-refractivity contribution in [3.63, 3.8) is 0 Å². The summed E-state index contributed by atoms with van der Waals surface area (Å²) in [7, 11) is 0. The number of imide groups is 1. The number of benzene rings is 1. The second-order valence-electron chi connectivity index (χ2n) is 3.83. The number of carbonyl (C=O) groups is 3. The number of fused-ring (bicyclic) bond motifs is 1. The molecule has 2 amide bonds. The quantitative estimate of drug-likeness (QED) is 0.447. The topological polar surface area (TPSA) is 54.5 Å². The van der Waals surface area contributed by atoms with Gasteiger partial charge in [0.05, 0.1) is 11.1 Å². The maximum atomic E-state index is 11.9. The zero-order chi connectivity index (χ0) is 12.4. The van der Waals surface area contributed by atoms with Crippen LogP contribution in [0.25, 0.3) is 0 Å². The maximum Gasteiger partial charge on any atom is 0.261 e. The molecule has 17 heavy (non-hydrogen) atoms. The molecule has 0 aliphatic carbocycles. The first-order chi connectivity index (χ1) is 8.15. The summed E-state index contributed by atoms with van der Waals surface area (Å²) < 4.78 is 0. The van der Waals surface area contributed by atoms with E-state index < -0.39 is 0 Å². The van der Waals surface area contributed by atoms with E-state index in [4.69, 9.17) is 0 Å². The molecule has 4 heteroatoms. The van der Waals surface area contributed by atoms with Gasteiger partial charge in [0.1, 0.15) is 6.29 Å². The van der Waals surface area contributed by atoms with Crippen molar-refractivity contribution in [3.8, 4) is 0 Å². The molecule has 1 aliphatic heterocycles. The molecular formula is C13H11NO3. The lowest BCUT2D eigenvalue weighted by Gasteiger charge is -2.10. The van der Waals surface area contributed by atoms with Crippen molar-refractivity contribution in [1.29, 1.82) is 0 Å². The van der Waals surface area contributed by atoms with Crippen LogP contribution in [0.3, 0.4) is 0 Å². The number of hydrogen-bond donors (Lipinski definition) is 0. The highest BCUT2D eigenvalue weighted by atomic mass is 16.2. The summed E-state index contributed by atoms with van der Waals surface area (Å²) in [6.45, 7) is 1.77. The summed E-state index contributed by atoms with van der Waals surface area (Å²) in [6.07, 6.45) is 2.26. The van der Waals surface area contributed by atoms with Gasteiger partial charge in [-0.05, 0) is 24.6 Å². The van der Waals surface area contributed by atoms with E-state index in [1.165, 1.54) is 0 Å². The normalized spacial score (nSPS) is 15.1. The molecule has 4 nitrogen and oxygen atoms in total. The Morgan fingerprint density at radius 3 is 2.18 bits per heavy atom. The molecule has 1 heterocycles. The number of allylic oxidation sites excluding steroid dienone is 1. The third kappa shape index (κ3) is 1.89.